The van der Waals surface area contributed by atoms with Crippen molar-refractivity contribution in [1.29, 1.82) is 0 Å². The molecular weight excluding hydrogens is 422 g/mol. The first-order valence-corrected chi connectivity index (χ1v) is 12.1. The van der Waals surface area contributed by atoms with E-state index < -0.39 is 0 Å². The molecule has 0 N–H and O–H groups in total. The normalized spacial score (nSPS) is 11.6. The Labute approximate surface area is 204 Å². The summed E-state index contributed by atoms with van der Waals surface area (Å²) in [5.74, 6) is 0. The van der Waals surface area contributed by atoms with Gasteiger partial charge in [0.1, 0.15) is 0 Å². The van der Waals surface area contributed by atoms with Crippen LogP contribution in [0.1, 0.15) is 5.56 Å². The van der Waals surface area contributed by atoms with Gasteiger partial charge in [-0.15, -0.1) is 0 Å². The molecule has 35 heavy (non-hydrogen) atoms. The lowest BCUT2D eigenvalue weighted by molar-refractivity contribution is 1.42. The lowest BCUT2D eigenvalue weighted by atomic mass is 9.86. The van der Waals surface area contributed by atoms with E-state index in [2.05, 4.69) is 128 Å². The van der Waals surface area contributed by atoms with Crippen LogP contribution in [-0.2, 0) is 0 Å². The van der Waals surface area contributed by atoms with Gasteiger partial charge in [-0.05, 0) is 68.6 Å². The molecule has 0 atom stereocenters. The average molecular weight is 446 g/mol. The number of nitrogens with zero attached hydrogens (tertiary/aromatic N) is 1. The number of rotatable bonds is 2. The summed E-state index contributed by atoms with van der Waals surface area (Å²) in [4.78, 5) is 5.10. The first-order valence-electron chi connectivity index (χ1n) is 12.1. The van der Waals surface area contributed by atoms with E-state index >= 15 is 0 Å². The summed E-state index contributed by atoms with van der Waals surface area (Å²) in [6.45, 7) is 2.15. The fraction of sp³-hybridized carbons (Fsp3) is 0.0294. The fourth-order valence-corrected chi connectivity index (χ4v) is 5.44. The number of aryl methyl sites for hydroxylation is 1. The Morgan fingerprint density at radius 1 is 0.457 bits per heavy atom. The summed E-state index contributed by atoms with van der Waals surface area (Å²) in [6.07, 6.45) is 0. The molecule has 0 radical (unpaired) electrons. The van der Waals surface area contributed by atoms with E-state index in [1.807, 2.05) is 0 Å². The molecule has 0 aliphatic rings. The van der Waals surface area contributed by atoms with Crippen molar-refractivity contribution in [3.05, 3.63) is 127 Å². The largest absolute Gasteiger partial charge is 0.248 e. The molecule has 1 heterocycles. The predicted octanol–water partition coefficient (Wildman–Crippen LogP) is 9.34. The van der Waals surface area contributed by atoms with Crippen LogP contribution in [0.25, 0.3) is 65.6 Å². The lowest BCUT2D eigenvalue weighted by Gasteiger charge is -2.18. The molecule has 7 rings (SSSR count). The van der Waals surface area contributed by atoms with Crippen LogP contribution in [-0.4, -0.2) is 4.98 Å². The monoisotopic (exact) mass is 445 g/mol. The quantitative estimate of drug-likeness (QED) is 0.242. The standard InChI is InChI=1S/C34H23N/c1-22-14-15-25-21-26(17-16-24(25)20-22)33-27-9-3-5-11-29(27)34(30-12-6-4-10-28(30)33)32-19-18-23-8-2-7-13-31(23)35-32/h2-21H,1H3. The minimum absolute atomic E-state index is 1.01. The summed E-state index contributed by atoms with van der Waals surface area (Å²) in [7, 11) is 0. The molecule has 1 aromatic heterocycles. The first-order chi connectivity index (χ1) is 17.3. The van der Waals surface area contributed by atoms with Crippen molar-refractivity contribution >= 4 is 43.2 Å². The van der Waals surface area contributed by atoms with Gasteiger partial charge in [0.25, 0.3) is 0 Å². The minimum atomic E-state index is 1.01. The number of benzene rings is 6. The van der Waals surface area contributed by atoms with Crippen molar-refractivity contribution in [2.24, 2.45) is 0 Å². The van der Waals surface area contributed by atoms with Crippen LogP contribution in [0.5, 0.6) is 0 Å². The van der Waals surface area contributed by atoms with E-state index in [-0.39, 0.29) is 0 Å². The van der Waals surface area contributed by atoms with E-state index in [9.17, 15) is 0 Å². The van der Waals surface area contributed by atoms with Crippen molar-refractivity contribution < 1.29 is 0 Å². The van der Waals surface area contributed by atoms with Crippen LogP contribution in [0.15, 0.2) is 121 Å². The summed E-state index contributed by atoms with van der Waals surface area (Å²) < 4.78 is 0. The third-order valence-corrected chi connectivity index (χ3v) is 7.07. The van der Waals surface area contributed by atoms with Crippen LogP contribution < -0.4 is 0 Å². The highest BCUT2D eigenvalue weighted by molar-refractivity contribution is 6.21. The summed E-state index contributed by atoms with van der Waals surface area (Å²) in [6, 6.07) is 43.7. The SMILES string of the molecule is Cc1ccc2cc(-c3c4ccccc4c(-c4ccc5ccccc5n4)c4ccccc34)ccc2c1. The molecule has 0 bridgehead atoms. The first kappa shape index (κ1) is 19.9. The highest BCUT2D eigenvalue weighted by Gasteiger charge is 2.17. The maximum absolute atomic E-state index is 5.10. The molecule has 1 nitrogen and oxygen atoms in total. The topological polar surface area (TPSA) is 12.9 Å². The molecular formula is C34H23N. The zero-order chi connectivity index (χ0) is 23.4. The summed E-state index contributed by atoms with van der Waals surface area (Å²) in [5, 5.41) is 8.67. The van der Waals surface area contributed by atoms with Gasteiger partial charge in [0.15, 0.2) is 0 Å². The number of fused-ring (bicyclic) bond motifs is 4. The second-order valence-corrected chi connectivity index (χ2v) is 9.30. The molecule has 0 aliphatic heterocycles. The van der Waals surface area contributed by atoms with E-state index in [1.54, 1.807) is 0 Å². The number of aromatic nitrogens is 1. The van der Waals surface area contributed by atoms with Crippen molar-refractivity contribution in [2.45, 2.75) is 6.92 Å². The van der Waals surface area contributed by atoms with E-state index in [1.165, 1.54) is 54.6 Å². The predicted molar refractivity (Wildman–Crippen MR) is 150 cm³/mol. The third-order valence-electron chi connectivity index (χ3n) is 7.07. The van der Waals surface area contributed by atoms with Gasteiger partial charge in [-0.3, -0.25) is 0 Å². The van der Waals surface area contributed by atoms with Crippen molar-refractivity contribution in [3.8, 4) is 22.4 Å². The highest BCUT2D eigenvalue weighted by atomic mass is 14.7. The second kappa shape index (κ2) is 7.78. The molecule has 0 aliphatic carbocycles. The Kier molecular flexibility index (Phi) is 4.43. The molecule has 0 unspecified atom stereocenters. The maximum atomic E-state index is 5.10. The molecule has 0 amide bonds. The number of para-hydroxylation sites is 1. The van der Waals surface area contributed by atoms with Crippen LogP contribution in [0.3, 0.4) is 0 Å². The zero-order valence-corrected chi connectivity index (χ0v) is 19.5. The Morgan fingerprint density at radius 3 is 1.77 bits per heavy atom. The van der Waals surface area contributed by atoms with Gasteiger partial charge >= 0.3 is 0 Å². The third kappa shape index (κ3) is 3.20. The molecule has 164 valence electrons. The van der Waals surface area contributed by atoms with Gasteiger partial charge in [0.05, 0.1) is 11.2 Å². The molecule has 0 saturated heterocycles. The molecule has 7 aromatic rings. The van der Waals surface area contributed by atoms with Gasteiger partial charge < -0.3 is 0 Å². The Balaban J connectivity index is 1.59. The number of pyridine rings is 1. The van der Waals surface area contributed by atoms with Crippen molar-refractivity contribution in [1.82, 2.24) is 4.98 Å². The van der Waals surface area contributed by atoms with Gasteiger partial charge in [-0.2, -0.15) is 0 Å². The summed E-state index contributed by atoms with van der Waals surface area (Å²) in [5.41, 5.74) is 7.04. The van der Waals surface area contributed by atoms with E-state index in [0.717, 1.165) is 16.6 Å². The van der Waals surface area contributed by atoms with Crippen LogP contribution >= 0.6 is 0 Å². The van der Waals surface area contributed by atoms with E-state index in [0.29, 0.717) is 0 Å². The number of hydrogen-bond acceptors (Lipinski definition) is 1. The summed E-state index contributed by atoms with van der Waals surface area (Å²) >= 11 is 0. The molecule has 0 spiro atoms. The van der Waals surface area contributed by atoms with Crippen molar-refractivity contribution in [2.75, 3.05) is 0 Å². The van der Waals surface area contributed by atoms with Gasteiger partial charge in [0, 0.05) is 10.9 Å². The molecule has 0 fully saturated rings. The second-order valence-electron chi connectivity index (χ2n) is 9.30. The Morgan fingerprint density at radius 2 is 1.03 bits per heavy atom. The van der Waals surface area contributed by atoms with Crippen molar-refractivity contribution in [3.63, 3.8) is 0 Å². The zero-order valence-electron chi connectivity index (χ0n) is 19.5. The molecule has 1 heteroatoms. The fourth-order valence-electron chi connectivity index (χ4n) is 5.44. The van der Waals surface area contributed by atoms with E-state index in [4.69, 9.17) is 4.98 Å². The molecule has 0 saturated carbocycles. The van der Waals surface area contributed by atoms with Crippen LogP contribution in [0.4, 0.5) is 0 Å². The average Bonchev–Trinajstić information content (AvgIpc) is 2.91. The Bertz CT molecular complexity index is 1860. The van der Waals surface area contributed by atoms with Crippen LogP contribution in [0.2, 0.25) is 0 Å². The van der Waals surface area contributed by atoms with Gasteiger partial charge in [-0.25, -0.2) is 4.98 Å². The van der Waals surface area contributed by atoms with Crippen LogP contribution in [0, 0.1) is 6.92 Å². The Hall–Kier alpha value is -4.49. The highest BCUT2D eigenvalue weighted by Crippen LogP contribution is 2.43. The molecule has 6 aromatic carbocycles. The smallest absolute Gasteiger partial charge is 0.0722 e. The lowest BCUT2D eigenvalue weighted by Crippen LogP contribution is -1.93. The van der Waals surface area contributed by atoms with Gasteiger partial charge in [0.2, 0.25) is 0 Å². The minimum Gasteiger partial charge on any atom is -0.248 e. The number of hydrogen-bond donors (Lipinski definition) is 0. The maximum Gasteiger partial charge on any atom is 0.0722 e. The van der Waals surface area contributed by atoms with Gasteiger partial charge in [-0.1, -0.05) is 109 Å².